The number of hydrogen-bond donors (Lipinski definition) is 2. The number of carbonyl (C=O) groups is 1. The van der Waals surface area contributed by atoms with E-state index in [0.29, 0.717) is 25.2 Å². The Morgan fingerprint density at radius 2 is 1.87 bits per heavy atom. The van der Waals surface area contributed by atoms with Crippen molar-refractivity contribution in [2.75, 3.05) is 27.4 Å². The normalized spacial score (nSPS) is 29.7. The van der Waals surface area contributed by atoms with E-state index in [1.165, 1.54) is 7.11 Å². The summed E-state index contributed by atoms with van der Waals surface area (Å²) in [5, 5.41) is 21.2. The largest absolute Gasteiger partial charge is 0.497 e. The van der Waals surface area contributed by atoms with Crippen LogP contribution in [0.1, 0.15) is 31.7 Å². The first kappa shape index (κ1) is 23.7. The molecule has 0 spiro atoms. The molecule has 8 heteroatoms. The standard InChI is InChI=1S/C23H32O8/c1-15(4-9-19-29-12-13-30-19)20-21(25)18(24)10-11-23(20,22(26)28-3)31-14-16-5-7-17(27-2)8-6-16/h4-8,18-21,24-25H,9-14H2,1-3H3/b15-4+/t18-,20+,21-,23-/m1/s1. The van der Waals surface area contributed by atoms with Crippen molar-refractivity contribution in [2.24, 2.45) is 5.92 Å². The highest BCUT2D eigenvalue weighted by atomic mass is 16.7. The van der Waals surface area contributed by atoms with Gasteiger partial charge in [-0.1, -0.05) is 23.8 Å². The Balaban J connectivity index is 1.87. The van der Waals surface area contributed by atoms with Gasteiger partial charge in [0.2, 0.25) is 0 Å². The third-order valence-electron chi connectivity index (χ3n) is 6.05. The monoisotopic (exact) mass is 436 g/mol. The first-order chi connectivity index (χ1) is 14.9. The summed E-state index contributed by atoms with van der Waals surface area (Å²) in [6, 6.07) is 7.33. The minimum absolute atomic E-state index is 0.139. The molecule has 1 aliphatic carbocycles. The average Bonchev–Trinajstić information content (AvgIpc) is 3.32. The van der Waals surface area contributed by atoms with Gasteiger partial charge < -0.3 is 33.9 Å². The van der Waals surface area contributed by atoms with Crippen LogP contribution in [0.2, 0.25) is 0 Å². The van der Waals surface area contributed by atoms with Gasteiger partial charge in [-0.05, 0) is 37.5 Å². The summed E-state index contributed by atoms with van der Waals surface area (Å²) in [5.74, 6) is -0.628. The molecular formula is C23H32O8. The molecule has 0 aromatic heterocycles. The van der Waals surface area contributed by atoms with E-state index in [2.05, 4.69) is 0 Å². The lowest BCUT2D eigenvalue weighted by Crippen LogP contribution is -2.59. The maximum atomic E-state index is 13.0. The number of esters is 1. The average molecular weight is 437 g/mol. The fourth-order valence-electron chi connectivity index (χ4n) is 4.33. The highest BCUT2D eigenvalue weighted by Crippen LogP contribution is 2.43. The molecule has 172 valence electrons. The van der Waals surface area contributed by atoms with Gasteiger partial charge in [-0.2, -0.15) is 0 Å². The summed E-state index contributed by atoms with van der Waals surface area (Å²) < 4.78 is 27.4. The number of ether oxygens (including phenoxy) is 5. The van der Waals surface area contributed by atoms with E-state index < -0.39 is 29.7 Å². The summed E-state index contributed by atoms with van der Waals surface area (Å²) in [6.45, 7) is 3.04. The third-order valence-corrected chi connectivity index (χ3v) is 6.05. The molecule has 2 aliphatic rings. The third kappa shape index (κ3) is 5.27. The number of benzene rings is 1. The molecule has 4 atom stereocenters. The number of aliphatic hydroxyl groups excluding tert-OH is 2. The zero-order valence-corrected chi connectivity index (χ0v) is 18.3. The van der Waals surface area contributed by atoms with E-state index in [1.807, 2.05) is 37.3 Å². The van der Waals surface area contributed by atoms with Gasteiger partial charge in [0.1, 0.15) is 5.75 Å². The second-order valence-electron chi connectivity index (χ2n) is 7.95. The van der Waals surface area contributed by atoms with Crippen LogP contribution in [-0.2, 0) is 30.3 Å². The zero-order chi connectivity index (χ0) is 22.4. The molecule has 3 rings (SSSR count). The summed E-state index contributed by atoms with van der Waals surface area (Å²) in [5.41, 5.74) is 0.133. The SMILES string of the molecule is COC(=O)[C@@]1(OCc2ccc(OC)cc2)CC[C@@H](O)[C@@H](O)[C@@H]1/C(C)=C/CC1OCCO1. The molecule has 1 aliphatic heterocycles. The van der Waals surface area contributed by atoms with Gasteiger partial charge in [0.15, 0.2) is 11.9 Å². The van der Waals surface area contributed by atoms with E-state index >= 15 is 0 Å². The van der Waals surface area contributed by atoms with Crippen LogP contribution in [0.15, 0.2) is 35.9 Å². The lowest BCUT2D eigenvalue weighted by molar-refractivity contribution is -0.203. The maximum absolute atomic E-state index is 13.0. The molecule has 1 heterocycles. The highest BCUT2D eigenvalue weighted by molar-refractivity contribution is 5.81. The summed E-state index contributed by atoms with van der Waals surface area (Å²) in [6.07, 6.45) is 0.295. The number of methoxy groups -OCH3 is 2. The van der Waals surface area contributed by atoms with E-state index in [0.717, 1.165) is 11.3 Å². The lowest BCUT2D eigenvalue weighted by atomic mass is 9.68. The van der Waals surface area contributed by atoms with Crippen LogP contribution in [0.4, 0.5) is 0 Å². The fourth-order valence-corrected chi connectivity index (χ4v) is 4.33. The van der Waals surface area contributed by atoms with Gasteiger partial charge >= 0.3 is 5.97 Å². The molecule has 8 nitrogen and oxygen atoms in total. The second kappa shape index (κ2) is 10.6. The number of hydrogen-bond acceptors (Lipinski definition) is 8. The molecule has 0 bridgehead atoms. The Bertz CT molecular complexity index is 755. The molecule has 0 unspecified atom stereocenters. The van der Waals surface area contributed by atoms with Crippen molar-refractivity contribution in [1.29, 1.82) is 0 Å². The van der Waals surface area contributed by atoms with Crippen molar-refractivity contribution in [2.45, 2.75) is 56.9 Å². The number of rotatable bonds is 8. The molecule has 31 heavy (non-hydrogen) atoms. The van der Waals surface area contributed by atoms with Crippen LogP contribution in [0.5, 0.6) is 5.75 Å². The Labute approximate surface area is 182 Å². The minimum atomic E-state index is -1.43. The minimum Gasteiger partial charge on any atom is -0.497 e. The molecule has 1 aromatic rings. The number of aliphatic hydroxyl groups is 2. The molecule has 1 saturated heterocycles. The van der Waals surface area contributed by atoms with Crippen molar-refractivity contribution in [3.05, 3.63) is 41.5 Å². The Kier molecular flexibility index (Phi) is 8.07. The van der Waals surface area contributed by atoms with Crippen LogP contribution in [0.25, 0.3) is 0 Å². The van der Waals surface area contributed by atoms with Gasteiger partial charge in [-0.25, -0.2) is 4.79 Å². The molecule has 2 N–H and O–H groups in total. The first-order valence-electron chi connectivity index (χ1n) is 10.5. The van der Waals surface area contributed by atoms with Crippen LogP contribution in [-0.4, -0.2) is 67.7 Å². The Hall–Kier alpha value is -1.97. The predicted molar refractivity (Wildman–Crippen MR) is 111 cm³/mol. The van der Waals surface area contributed by atoms with Gasteiger partial charge in [0.25, 0.3) is 0 Å². The van der Waals surface area contributed by atoms with E-state index in [9.17, 15) is 15.0 Å². The highest BCUT2D eigenvalue weighted by Gasteiger charge is 2.56. The Morgan fingerprint density at radius 3 is 2.48 bits per heavy atom. The van der Waals surface area contributed by atoms with Crippen molar-refractivity contribution >= 4 is 5.97 Å². The van der Waals surface area contributed by atoms with Crippen LogP contribution < -0.4 is 4.74 Å². The number of carbonyl (C=O) groups excluding carboxylic acids is 1. The van der Waals surface area contributed by atoms with E-state index in [1.54, 1.807) is 7.11 Å². The lowest BCUT2D eigenvalue weighted by Gasteiger charge is -2.46. The summed E-state index contributed by atoms with van der Waals surface area (Å²) in [4.78, 5) is 13.0. The topological polar surface area (TPSA) is 104 Å². The summed E-state index contributed by atoms with van der Waals surface area (Å²) >= 11 is 0. The molecule has 0 radical (unpaired) electrons. The van der Waals surface area contributed by atoms with Gasteiger partial charge in [0.05, 0.1) is 46.2 Å². The molecule has 1 aromatic carbocycles. The maximum Gasteiger partial charge on any atom is 0.338 e. The molecule has 1 saturated carbocycles. The quantitative estimate of drug-likeness (QED) is 0.471. The summed E-state index contributed by atoms with van der Waals surface area (Å²) in [7, 11) is 2.89. The van der Waals surface area contributed by atoms with E-state index in [-0.39, 0.29) is 25.7 Å². The van der Waals surface area contributed by atoms with Crippen LogP contribution >= 0.6 is 0 Å². The van der Waals surface area contributed by atoms with Crippen molar-refractivity contribution < 1.29 is 38.7 Å². The predicted octanol–water partition coefficient (Wildman–Crippen LogP) is 1.96. The van der Waals surface area contributed by atoms with Crippen LogP contribution in [0, 0.1) is 5.92 Å². The van der Waals surface area contributed by atoms with E-state index in [4.69, 9.17) is 23.7 Å². The first-order valence-corrected chi connectivity index (χ1v) is 10.5. The second-order valence-corrected chi connectivity index (χ2v) is 7.95. The Morgan fingerprint density at radius 1 is 1.19 bits per heavy atom. The van der Waals surface area contributed by atoms with Gasteiger partial charge in [0, 0.05) is 12.3 Å². The van der Waals surface area contributed by atoms with Gasteiger partial charge in [-0.3, -0.25) is 0 Å². The molecular weight excluding hydrogens is 404 g/mol. The molecule has 0 amide bonds. The van der Waals surface area contributed by atoms with Crippen molar-refractivity contribution in [3.8, 4) is 5.75 Å². The molecule has 2 fully saturated rings. The van der Waals surface area contributed by atoms with Crippen LogP contribution in [0.3, 0.4) is 0 Å². The fraction of sp³-hybridized carbons (Fsp3) is 0.609. The van der Waals surface area contributed by atoms with Gasteiger partial charge in [-0.15, -0.1) is 0 Å². The van der Waals surface area contributed by atoms with Crippen molar-refractivity contribution in [1.82, 2.24) is 0 Å². The van der Waals surface area contributed by atoms with Crippen molar-refractivity contribution in [3.63, 3.8) is 0 Å². The smallest absolute Gasteiger partial charge is 0.338 e. The zero-order valence-electron chi connectivity index (χ0n) is 18.3.